The third-order valence-electron chi connectivity index (χ3n) is 4.46. The molecule has 1 heterocycles. The molecule has 0 aromatic heterocycles. The lowest BCUT2D eigenvalue weighted by atomic mass is 10.2. The third kappa shape index (κ3) is 6.61. The van der Waals surface area contributed by atoms with Gasteiger partial charge in [-0.05, 0) is 27.7 Å². The number of amides is 2. The van der Waals surface area contributed by atoms with Crippen LogP contribution in [0.3, 0.4) is 0 Å². The Labute approximate surface area is 205 Å². The van der Waals surface area contributed by atoms with Crippen molar-refractivity contribution in [2.24, 2.45) is 0 Å². The van der Waals surface area contributed by atoms with E-state index in [9.17, 15) is 9.59 Å². The summed E-state index contributed by atoms with van der Waals surface area (Å²) in [4.78, 5) is 27.9. The summed E-state index contributed by atoms with van der Waals surface area (Å²) in [6.07, 6.45) is -3.46. The lowest BCUT2D eigenvalue weighted by Gasteiger charge is -2.45. The highest BCUT2D eigenvalue weighted by Gasteiger charge is 2.49. The first-order valence-corrected chi connectivity index (χ1v) is 10.8. The molecule has 14 heteroatoms. The number of hydrogen-bond acceptors (Lipinski definition) is 6. The maximum absolute atomic E-state index is 12.7. The fourth-order valence-corrected chi connectivity index (χ4v) is 2.46. The van der Waals surface area contributed by atoms with E-state index < -0.39 is 43.4 Å². The van der Waals surface area contributed by atoms with Gasteiger partial charge in [0.15, 0.2) is 23.7 Å². The molecular formula is C16H24Cl6N2O6. The van der Waals surface area contributed by atoms with Crippen LogP contribution in [-0.2, 0) is 18.9 Å². The average Bonchev–Trinajstić information content (AvgIpc) is 2.57. The Hall–Kier alpha value is 0.200. The van der Waals surface area contributed by atoms with Gasteiger partial charge in [-0.3, -0.25) is 9.80 Å². The monoisotopic (exact) mass is 550 g/mol. The van der Waals surface area contributed by atoms with Gasteiger partial charge in [-0.15, -0.1) is 0 Å². The predicted molar refractivity (Wildman–Crippen MR) is 117 cm³/mol. The molecule has 1 fully saturated rings. The molecule has 1 aliphatic heterocycles. The van der Waals surface area contributed by atoms with Crippen molar-refractivity contribution in [2.45, 2.75) is 58.9 Å². The van der Waals surface area contributed by atoms with Crippen LogP contribution in [0.15, 0.2) is 0 Å². The Morgan fingerprint density at radius 2 is 0.967 bits per heavy atom. The summed E-state index contributed by atoms with van der Waals surface area (Å²) in [5.41, 5.74) is -2.89. The molecule has 0 radical (unpaired) electrons. The van der Waals surface area contributed by atoms with Crippen molar-refractivity contribution in [1.29, 1.82) is 0 Å². The van der Waals surface area contributed by atoms with Crippen molar-refractivity contribution in [2.75, 3.05) is 27.3 Å². The summed E-state index contributed by atoms with van der Waals surface area (Å²) in [6.45, 7) is 5.54. The third-order valence-corrected chi connectivity index (χ3v) is 7.20. The van der Waals surface area contributed by atoms with Gasteiger partial charge in [-0.1, -0.05) is 69.6 Å². The van der Waals surface area contributed by atoms with Crippen LogP contribution in [0, 0.1) is 0 Å². The van der Waals surface area contributed by atoms with E-state index in [4.69, 9.17) is 88.6 Å². The Morgan fingerprint density at radius 1 is 0.700 bits per heavy atom. The minimum absolute atomic E-state index is 0.118. The smallest absolute Gasteiger partial charge is 0.412 e. The van der Waals surface area contributed by atoms with Gasteiger partial charge >= 0.3 is 12.2 Å². The first-order chi connectivity index (χ1) is 13.4. The van der Waals surface area contributed by atoms with Crippen molar-refractivity contribution in [3.63, 3.8) is 0 Å². The lowest BCUT2D eigenvalue weighted by Crippen LogP contribution is -2.64. The van der Waals surface area contributed by atoms with Crippen molar-refractivity contribution >= 4 is 81.8 Å². The quantitative estimate of drug-likeness (QED) is 0.451. The zero-order chi connectivity index (χ0) is 23.7. The van der Waals surface area contributed by atoms with E-state index in [2.05, 4.69) is 0 Å². The maximum Gasteiger partial charge on any atom is 0.412 e. The van der Waals surface area contributed by atoms with Gasteiger partial charge in [0.2, 0.25) is 7.59 Å². The molecular weight excluding hydrogens is 529 g/mol. The molecule has 0 spiro atoms. The van der Waals surface area contributed by atoms with Gasteiger partial charge in [0.05, 0.1) is 13.1 Å². The number of rotatable bonds is 4. The fourth-order valence-electron chi connectivity index (χ4n) is 2.23. The molecule has 30 heavy (non-hydrogen) atoms. The molecule has 0 N–H and O–H groups in total. The van der Waals surface area contributed by atoms with Crippen LogP contribution in [0.1, 0.15) is 27.7 Å². The van der Waals surface area contributed by atoms with Crippen molar-refractivity contribution in [3.05, 3.63) is 0 Å². The van der Waals surface area contributed by atoms with E-state index in [1.807, 2.05) is 0 Å². The van der Waals surface area contributed by atoms with Gasteiger partial charge in [-0.2, -0.15) is 0 Å². The Balaban J connectivity index is 3.02. The van der Waals surface area contributed by atoms with Crippen molar-refractivity contribution in [1.82, 2.24) is 9.80 Å². The lowest BCUT2D eigenvalue weighted by molar-refractivity contribution is -0.150. The predicted octanol–water partition coefficient (Wildman–Crippen LogP) is 5.12. The second kappa shape index (κ2) is 10.00. The number of piperazine rings is 1. The van der Waals surface area contributed by atoms with Gasteiger partial charge in [-0.25, -0.2) is 9.59 Å². The van der Waals surface area contributed by atoms with Gasteiger partial charge < -0.3 is 18.9 Å². The molecule has 2 amide bonds. The van der Waals surface area contributed by atoms with Crippen LogP contribution in [0.4, 0.5) is 9.59 Å². The van der Waals surface area contributed by atoms with Crippen LogP contribution in [0.25, 0.3) is 0 Å². The highest BCUT2D eigenvalue weighted by molar-refractivity contribution is 6.68. The van der Waals surface area contributed by atoms with Crippen molar-refractivity contribution in [3.8, 4) is 0 Å². The van der Waals surface area contributed by atoms with Crippen LogP contribution in [0.5, 0.6) is 0 Å². The molecule has 1 saturated heterocycles. The zero-order valence-electron chi connectivity index (χ0n) is 17.2. The van der Waals surface area contributed by atoms with E-state index in [1.165, 1.54) is 51.7 Å². The molecule has 0 aromatic rings. The average molecular weight is 553 g/mol. The maximum atomic E-state index is 12.7. The second-order valence-corrected chi connectivity index (χ2v) is 12.0. The zero-order valence-corrected chi connectivity index (χ0v) is 21.7. The Bertz CT molecular complexity index is 583. The fraction of sp³-hybridized carbons (Fsp3) is 0.875. The van der Waals surface area contributed by atoms with Gasteiger partial charge in [0, 0.05) is 14.2 Å². The van der Waals surface area contributed by atoms with E-state index in [0.717, 1.165) is 0 Å². The normalized spacial score (nSPS) is 21.5. The summed E-state index contributed by atoms with van der Waals surface area (Å²) in [6, 6.07) is 0. The number of carbonyl (C=O) groups excluding carboxylic acids is 2. The number of ether oxygens (including phenoxy) is 4. The van der Waals surface area contributed by atoms with E-state index in [-0.39, 0.29) is 13.1 Å². The molecule has 176 valence electrons. The van der Waals surface area contributed by atoms with Crippen LogP contribution in [0.2, 0.25) is 0 Å². The molecule has 2 unspecified atom stereocenters. The topological polar surface area (TPSA) is 77.5 Å². The number of carbonyl (C=O) groups is 2. The molecule has 0 aromatic carbocycles. The van der Waals surface area contributed by atoms with Gasteiger partial charge in [0.1, 0.15) is 0 Å². The number of methoxy groups -OCH3 is 2. The standard InChI is InChI=1S/C16H24Cl6N2O6/c1-13(2,15(17,18)19)29-11(25)23-7-10(28-6)24(8-9(23)27-5)12(26)30-14(3,4)16(20,21)22/h9-10H,7-8H2,1-6H3. The molecule has 0 saturated carbocycles. The summed E-state index contributed by atoms with van der Waals surface area (Å²) in [5.74, 6) is 0. The van der Waals surface area contributed by atoms with Crippen LogP contribution < -0.4 is 0 Å². The first-order valence-electron chi connectivity index (χ1n) is 8.56. The number of halogens is 6. The SMILES string of the molecule is COC1CN(C(=O)OC(C)(C)C(Cl)(Cl)Cl)C(OC)CN1C(=O)OC(C)(C)C(Cl)(Cl)Cl. The largest absolute Gasteiger partial charge is 0.439 e. The molecule has 1 rings (SSSR count). The van der Waals surface area contributed by atoms with E-state index >= 15 is 0 Å². The Kier molecular flexibility index (Phi) is 9.41. The van der Waals surface area contributed by atoms with Crippen LogP contribution in [-0.4, -0.2) is 80.5 Å². The molecule has 0 aliphatic carbocycles. The number of nitrogens with zero attached hydrogens (tertiary/aromatic N) is 2. The highest BCUT2D eigenvalue weighted by atomic mass is 35.6. The summed E-state index contributed by atoms with van der Waals surface area (Å²) < 4.78 is 17.6. The minimum atomic E-state index is -1.87. The summed E-state index contributed by atoms with van der Waals surface area (Å²) in [7, 11) is 2.71. The van der Waals surface area contributed by atoms with Crippen molar-refractivity contribution < 1.29 is 28.5 Å². The first kappa shape index (κ1) is 28.2. The van der Waals surface area contributed by atoms with Gasteiger partial charge in [0.25, 0.3) is 0 Å². The van der Waals surface area contributed by atoms with Crippen LogP contribution >= 0.6 is 69.6 Å². The van der Waals surface area contributed by atoms with E-state index in [0.29, 0.717) is 0 Å². The number of alkyl halides is 6. The number of hydrogen-bond donors (Lipinski definition) is 0. The molecule has 0 bridgehead atoms. The summed E-state index contributed by atoms with van der Waals surface area (Å²) >= 11 is 35.2. The second-order valence-electron chi connectivity index (χ2n) is 7.44. The molecule has 8 nitrogen and oxygen atoms in total. The molecule has 1 aliphatic rings. The summed E-state index contributed by atoms with van der Waals surface area (Å²) in [5, 5.41) is 0. The Morgan fingerprint density at radius 3 is 1.17 bits per heavy atom. The highest BCUT2D eigenvalue weighted by Crippen LogP contribution is 2.42. The molecule has 2 atom stereocenters. The minimum Gasteiger partial charge on any atom is -0.439 e. The van der Waals surface area contributed by atoms with E-state index in [1.54, 1.807) is 0 Å².